The molecule has 2 amide bonds. The molecular weight excluding hydrogens is 398 g/mol. The number of carbonyl (C=O) groups excluding carboxylic acids is 2. The monoisotopic (exact) mass is 421 g/mol. The van der Waals surface area contributed by atoms with Crippen LogP contribution in [0.25, 0.3) is 0 Å². The number of nitrogens with one attached hydrogen (secondary N) is 1. The van der Waals surface area contributed by atoms with Gasteiger partial charge in [-0.05, 0) is 44.2 Å². The van der Waals surface area contributed by atoms with Crippen LogP contribution in [-0.4, -0.2) is 30.2 Å². The van der Waals surface area contributed by atoms with Crippen molar-refractivity contribution in [2.75, 3.05) is 23.4 Å². The summed E-state index contributed by atoms with van der Waals surface area (Å²) < 4.78 is 16.3. The Kier molecular flexibility index (Phi) is 5.88. The molecule has 0 unspecified atom stereocenters. The molecule has 1 aromatic heterocycles. The van der Waals surface area contributed by atoms with E-state index in [9.17, 15) is 9.59 Å². The molecule has 1 aliphatic heterocycles. The molecule has 0 spiro atoms. The van der Waals surface area contributed by atoms with Gasteiger partial charge in [-0.15, -0.1) is 0 Å². The van der Waals surface area contributed by atoms with Crippen LogP contribution in [0.4, 0.5) is 11.4 Å². The van der Waals surface area contributed by atoms with E-state index in [0.717, 1.165) is 17.0 Å². The second kappa shape index (κ2) is 8.91. The van der Waals surface area contributed by atoms with Crippen LogP contribution in [0.2, 0.25) is 0 Å². The quantitative estimate of drug-likeness (QED) is 0.626. The fraction of sp³-hybridized carbons (Fsp3) is 0.261. The lowest BCUT2D eigenvalue weighted by molar-refractivity contribution is -0.121. The second-order valence-electron chi connectivity index (χ2n) is 7.21. The first-order valence-corrected chi connectivity index (χ1v) is 9.98. The van der Waals surface area contributed by atoms with E-state index in [1.807, 2.05) is 44.2 Å². The highest BCUT2D eigenvalue weighted by Crippen LogP contribution is 2.36. The molecule has 1 N–H and O–H groups in total. The van der Waals surface area contributed by atoms with Gasteiger partial charge >= 0.3 is 0 Å². The fourth-order valence-corrected chi connectivity index (χ4v) is 3.34. The van der Waals surface area contributed by atoms with Crippen molar-refractivity contribution in [2.24, 2.45) is 0 Å². The van der Waals surface area contributed by atoms with E-state index in [-0.39, 0.29) is 31.4 Å². The van der Waals surface area contributed by atoms with E-state index >= 15 is 0 Å². The van der Waals surface area contributed by atoms with Gasteiger partial charge in [0.2, 0.25) is 5.91 Å². The first kappa shape index (κ1) is 20.5. The van der Waals surface area contributed by atoms with Crippen LogP contribution in [0.1, 0.15) is 23.4 Å². The van der Waals surface area contributed by atoms with Gasteiger partial charge in [0.1, 0.15) is 17.3 Å². The maximum Gasteiger partial charge on any atom is 0.265 e. The predicted octanol–water partition coefficient (Wildman–Crippen LogP) is 3.62. The molecule has 0 atom stereocenters. The maximum atomic E-state index is 12.6. The zero-order valence-corrected chi connectivity index (χ0v) is 17.4. The summed E-state index contributed by atoms with van der Waals surface area (Å²) >= 11 is 0. The van der Waals surface area contributed by atoms with Gasteiger partial charge in [0.05, 0.1) is 31.0 Å². The van der Waals surface area contributed by atoms with Crippen molar-refractivity contribution >= 4 is 23.2 Å². The maximum absolute atomic E-state index is 12.6. The van der Waals surface area contributed by atoms with Gasteiger partial charge in [-0.3, -0.25) is 9.59 Å². The van der Waals surface area contributed by atoms with Crippen molar-refractivity contribution < 1.29 is 23.6 Å². The molecule has 0 aliphatic carbocycles. The third kappa shape index (κ3) is 4.69. The number of carbonyl (C=O) groups is 2. The third-order valence-corrected chi connectivity index (χ3v) is 5.02. The molecule has 3 aromatic rings. The van der Waals surface area contributed by atoms with Crippen LogP contribution in [0.5, 0.6) is 11.5 Å². The van der Waals surface area contributed by atoms with Gasteiger partial charge in [-0.25, -0.2) is 0 Å². The Morgan fingerprint density at radius 3 is 2.74 bits per heavy atom. The van der Waals surface area contributed by atoms with Crippen molar-refractivity contribution in [1.82, 2.24) is 5.16 Å². The van der Waals surface area contributed by atoms with E-state index in [1.54, 1.807) is 23.1 Å². The second-order valence-corrected chi connectivity index (χ2v) is 7.21. The smallest absolute Gasteiger partial charge is 0.265 e. The zero-order valence-electron chi connectivity index (χ0n) is 17.4. The van der Waals surface area contributed by atoms with E-state index in [1.165, 1.54) is 0 Å². The van der Waals surface area contributed by atoms with Crippen molar-refractivity contribution in [3.63, 3.8) is 0 Å². The molecule has 0 saturated heterocycles. The van der Waals surface area contributed by atoms with E-state index in [2.05, 4.69) is 10.5 Å². The first-order chi connectivity index (χ1) is 15.0. The number of aromatic nitrogens is 1. The minimum Gasteiger partial charge on any atom is -0.493 e. The minimum atomic E-state index is -0.184. The molecule has 160 valence electrons. The summed E-state index contributed by atoms with van der Waals surface area (Å²) in [5.74, 6) is 1.61. The van der Waals surface area contributed by atoms with Crippen LogP contribution in [-0.2, 0) is 16.1 Å². The lowest BCUT2D eigenvalue weighted by Gasteiger charge is -2.29. The normalized spacial score (nSPS) is 12.8. The number of ether oxygens (including phenoxy) is 2. The largest absolute Gasteiger partial charge is 0.493 e. The molecule has 0 fully saturated rings. The van der Waals surface area contributed by atoms with E-state index < -0.39 is 0 Å². The summed E-state index contributed by atoms with van der Waals surface area (Å²) in [6.07, 6.45) is 0.199. The van der Waals surface area contributed by atoms with Crippen LogP contribution < -0.4 is 19.7 Å². The summed E-state index contributed by atoms with van der Waals surface area (Å²) in [5.41, 5.74) is 2.76. The van der Waals surface area contributed by atoms with Crippen LogP contribution >= 0.6 is 0 Å². The molecule has 8 heteroatoms. The van der Waals surface area contributed by atoms with Crippen LogP contribution in [0.15, 0.2) is 53.1 Å². The number of amides is 2. The number of fused-ring (bicyclic) bond motifs is 1. The Labute approximate surface area is 179 Å². The topological polar surface area (TPSA) is 93.9 Å². The minimum absolute atomic E-state index is 0.0428. The number of para-hydroxylation sites is 1. The number of rotatable bonds is 7. The molecule has 31 heavy (non-hydrogen) atoms. The standard InChI is InChI=1S/C23H23N3O5/c1-15-19(16(2)31-25-15)13-26-20-12-17(8-9-21(20)30-14-23(26)28)24-22(27)10-11-29-18-6-4-3-5-7-18/h3-9,12H,10-11,13-14H2,1-2H3,(H,24,27). The third-order valence-electron chi connectivity index (χ3n) is 5.02. The van der Waals surface area contributed by atoms with E-state index in [0.29, 0.717) is 29.4 Å². The summed E-state index contributed by atoms with van der Waals surface area (Å²) in [5, 5.41) is 6.81. The number of hydrogen-bond acceptors (Lipinski definition) is 6. The zero-order chi connectivity index (χ0) is 21.8. The lowest BCUT2D eigenvalue weighted by Crippen LogP contribution is -2.38. The highest BCUT2D eigenvalue weighted by molar-refractivity contribution is 5.99. The molecule has 2 aromatic carbocycles. The summed E-state index contributed by atoms with van der Waals surface area (Å²) in [6, 6.07) is 14.6. The number of hydrogen-bond donors (Lipinski definition) is 1. The van der Waals surface area contributed by atoms with Crippen molar-refractivity contribution in [2.45, 2.75) is 26.8 Å². The van der Waals surface area contributed by atoms with Crippen molar-refractivity contribution in [3.05, 3.63) is 65.5 Å². The van der Waals surface area contributed by atoms with E-state index in [4.69, 9.17) is 14.0 Å². The Hall–Kier alpha value is -3.81. The Morgan fingerprint density at radius 1 is 1.19 bits per heavy atom. The number of anilines is 2. The molecular formula is C23H23N3O5. The van der Waals surface area contributed by atoms with Gasteiger partial charge < -0.3 is 24.2 Å². The van der Waals surface area contributed by atoms with Gasteiger partial charge in [0, 0.05) is 11.3 Å². The van der Waals surface area contributed by atoms with Crippen LogP contribution in [0, 0.1) is 13.8 Å². The van der Waals surface area contributed by atoms with Crippen LogP contribution in [0.3, 0.4) is 0 Å². The SMILES string of the molecule is Cc1noc(C)c1CN1C(=O)COc2ccc(NC(=O)CCOc3ccccc3)cc21. The summed E-state index contributed by atoms with van der Waals surface area (Å²) in [4.78, 5) is 26.5. The number of aryl methyl sites for hydroxylation is 2. The molecule has 8 nitrogen and oxygen atoms in total. The molecule has 4 rings (SSSR count). The summed E-state index contributed by atoms with van der Waals surface area (Å²) in [7, 11) is 0. The van der Waals surface area contributed by atoms with Gasteiger partial charge in [-0.2, -0.15) is 0 Å². The number of nitrogens with zero attached hydrogens (tertiary/aromatic N) is 2. The molecule has 1 aliphatic rings. The highest BCUT2D eigenvalue weighted by Gasteiger charge is 2.28. The van der Waals surface area contributed by atoms with Gasteiger partial charge in [0.15, 0.2) is 6.61 Å². The lowest BCUT2D eigenvalue weighted by atomic mass is 10.1. The Bertz CT molecular complexity index is 1070. The molecule has 0 radical (unpaired) electrons. The molecule has 0 bridgehead atoms. The molecule has 2 heterocycles. The highest BCUT2D eigenvalue weighted by atomic mass is 16.5. The molecule has 0 saturated carbocycles. The Morgan fingerprint density at radius 2 is 2.00 bits per heavy atom. The van der Waals surface area contributed by atoms with Gasteiger partial charge in [0.25, 0.3) is 5.91 Å². The average Bonchev–Trinajstić information content (AvgIpc) is 3.08. The predicted molar refractivity (Wildman–Crippen MR) is 114 cm³/mol. The first-order valence-electron chi connectivity index (χ1n) is 9.98. The Balaban J connectivity index is 1.44. The van der Waals surface area contributed by atoms with Crippen molar-refractivity contribution in [1.29, 1.82) is 0 Å². The van der Waals surface area contributed by atoms with Gasteiger partial charge in [-0.1, -0.05) is 23.4 Å². The number of benzene rings is 2. The average molecular weight is 421 g/mol. The van der Waals surface area contributed by atoms with Crippen molar-refractivity contribution in [3.8, 4) is 11.5 Å². The summed E-state index contributed by atoms with van der Waals surface area (Å²) in [6.45, 7) is 4.19. The fourth-order valence-electron chi connectivity index (χ4n) is 3.34.